The molecule has 1 heterocycles. The summed E-state index contributed by atoms with van der Waals surface area (Å²) in [5.41, 5.74) is 2.13. The minimum atomic E-state index is 0.163. The highest BCUT2D eigenvalue weighted by Crippen LogP contribution is 2.35. The van der Waals surface area contributed by atoms with E-state index in [9.17, 15) is 5.11 Å². The van der Waals surface area contributed by atoms with Crippen molar-refractivity contribution in [3.63, 3.8) is 0 Å². The molecule has 0 aliphatic rings. The molecule has 1 aromatic heterocycles. The van der Waals surface area contributed by atoms with Gasteiger partial charge in [0.2, 0.25) is 0 Å². The number of phenols is 1. The van der Waals surface area contributed by atoms with Crippen LogP contribution >= 0.6 is 0 Å². The highest BCUT2D eigenvalue weighted by Gasteiger charge is 2.10. The Hall–Kier alpha value is -3.21. The fraction of sp³-hybridized carbons (Fsp3) is 0.150. The lowest BCUT2D eigenvalue weighted by atomic mass is 10.1. The van der Waals surface area contributed by atoms with Crippen LogP contribution in [-0.2, 0) is 0 Å². The number of hydrogen-bond acceptors (Lipinski definition) is 5. The van der Waals surface area contributed by atoms with Gasteiger partial charge in [-0.3, -0.25) is 0 Å². The zero-order valence-corrected chi connectivity index (χ0v) is 14.3. The third-order valence-corrected chi connectivity index (χ3v) is 3.89. The third-order valence-electron chi connectivity index (χ3n) is 3.89. The molecule has 0 unspecified atom stereocenters. The maximum absolute atomic E-state index is 9.95. The van der Waals surface area contributed by atoms with Crippen molar-refractivity contribution in [3.05, 3.63) is 53.7 Å². The third kappa shape index (κ3) is 3.35. The lowest BCUT2D eigenvalue weighted by molar-refractivity contribution is 0.348. The summed E-state index contributed by atoms with van der Waals surface area (Å²) in [7, 11) is 4.77. The summed E-state index contributed by atoms with van der Waals surface area (Å²) in [6.45, 7) is 0. The van der Waals surface area contributed by atoms with Gasteiger partial charge in [-0.2, -0.15) is 0 Å². The summed E-state index contributed by atoms with van der Waals surface area (Å²) >= 11 is 0. The zero-order valence-electron chi connectivity index (χ0n) is 14.3. The van der Waals surface area contributed by atoms with Crippen molar-refractivity contribution >= 4 is 23.1 Å². The number of phenolic OH excluding ortho intramolecular Hbond substituents is 1. The molecule has 0 bridgehead atoms. The topological polar surface area (TPSA) is 60.8 Å². The first-order valence-corrected chi connectivity index (χ1v) is 7.73. The molecule has 0 amide bonds. The second-order valence-electron chi connectivity index (χ2n) is 5.37. The van der Waals surface area contributed by atoms with Crippen LogP contribution in [-0.4, -0.2) is 31.4 Å². The van der Waals surface area contributed by atoms with Crippen molar-refractivity contribution in [2.45, 2.75) is 0 Å². The Morgan fingerprint density at radius 2 is 1.56 bits per heavy atom. The van der Waals surface area contributed by atoms with E-state index >= 15 is 0 Å². The number of fused-ring (bicyclic) bond motifs is 1. The summed E-state index contributed by atoms with van der Waals surface area (Å²) in [6, 6.07) is 12.8. The number of hydrogen-bond donors (Lipinski definition) is 1. The Labute approximate surface area is 146 Å². The minimum absolute atomic E-state index is 0.163. The normalized spacial score (nSPS) is 11.0. The van der Waals surface area contributed by atoms with E-state index in [1.165, 1.54) is 0 Å². The molecule has 0 aliphatic heterocycles. The lowest BCUT2D eigenvalue weighted by Gasteiger charge is -2.12. The average molecular weight is 337 g/mol. The van der Waals surface area contributed by atoms with Crippen molar-refractivity contribution in [2.75, 3.05) is 21.3 Å². The van der Waals surface area contributed by atoms with E-state index in [2.05, 4.69) is 4.98 Å². The van der Waals surface area contributed by atoms with Gasteiger partial charge in [0.15, 0.2) is 11.5 Å². The van der Waals surface area contributed by atoms with Gasteiger partial charge < -0.3 is 19.3 Å². The monoisotopic (exact) mass is 337 g/mol. The highest BCUT2D eigenvalue weighted by molar-refractivity contribution is 5.86. The molecule has 0 spiro atoms. The summed E-state index contributed by atoms with van der Waals surface area (Å²) in [5, 5.41) is 10.8. The second-order valence-corrected chi connectivity index (χ2v) is 5.37. The fourth-order valence-corrected chi connectivity index (χ4v) is 2.60. The summed E-state index contributed by atoms with van der Waals surface area (Å²) in [5.74, 6) is 2.05. The van der Waals surface area contributed by atoms with E-state index in [0.29, 0.717) is 22.8 Å². The fourth-order valence-electron chi connectivity index (χ4n) is 2.60. The summed E-state index contributed by atoms with van der Waals surface area (Å²) < 4.78 is 16.0. The molecule has 3 aromatic rings. The molecule has 0 atom stereocenters. The summed E-state index contributed by atoms with van der Waals surface area (Å²) in [4.78, 5) is 4.49. The Morgan fingerprint density at radius 1 is 0.840 bits per heavy atom. The number of benzene rings is 2. The lowest BCUT2D eigenvalue weighted by Crippen LogP contribution is -1.94. The number of rotatable bonds is 5. The number of ether oxygens (including phenoxy) is 3. The molecule has 3 rings (SSSR count). The molecule has 0 aliphatic carbocycles. The summed E-state index contributed by atoms with van der Waals surface area (Å²) in [6.07, 6.45) is 3.74. The first kappa shape index (κ1) is 16.6. The molecular weight excluding hydrogens is 318 g/mol. The molecule has 2 aromatic carbocycles. The van der Waals surface area contributed by atoms with Gasteiger partial charge in [-0.05, 0) is 30.4 Å². The SMILES string of the molecule is COc1cc(OC)c(OC)cc1C=Cc1ccc2cccc(O)c2n1. The molecule has 0 radical (unpaired) electrons. The van der Waals surface area contributed by atoms with E-state index in [4.69, 9.17) is 14.2 Å². The van der Waals surface area contributed by atoms with Gasteiger partial charge in [0.05, 0.1) is 27.0 Å². The Morgan fingerprint density at radius 3 is 2.28 bits per heavy atom. The molecule has 5 nitrogen and oxygen atoms in total. The van der Waals surface area contributed by atoms with E-state index in [1.54, 1.807) is 39.5 Å². The van der Waals surface area contributed by atoms with Crippen LogP contribution in [0.1, 0.15) is 11.3 Å². The van der Waals surface area contributed by atoms with Gasteiger partial charge in [0.1, 0.15) is 17.0 Å². The van der Waals surface area contributed by atoms with E-state index in [1.807, 2.05) is 36.4 Å². The van der Waals surface area contributed by atoms with Gasteiger partial charge >= 0.3 is 0 Å². The number of pyridine rings is 1. The molecule has 5 heteroatoms. The first-order valence-electron chi connectivity index (χ1n) is 7.73. The predicted octanol–water partition coefficient (Wildman–Crippen LogP) is 4.14. The molecule has 128 valence electrons. The van der Waals surface area contributed by atoms with Gasteiger partial charge in [0, 0.05) is 17.0 Å². The van der Waals surface area contributed by atoms with Crippen LogP contribution in [0.5, 0.6) is 23.0 Å². The highest BCUT2D eigenvalue weighted by atomic mass is 16.5. The maximum atomic E-state index is 9.95. The molecule has 0 saturated carbocycles. The van der Waals surface area contributed by atoms with Crippen molar-refractivity contribution in [1.82, 2.24) is 4.98 Å². The van der Waals surface area contributed by atoms with Crippen LogP contribution in [0, 0.1) is 0 Å². The largest absolute Gasteiger partial charge is 0.506 e. The van der Waals surface area contributed by atoms with E-state index in [0.717, 1.165) is 16.6 Å². The maximum Gasteiger partial charge on any atom is 0.164 e. The van der Waals surface area contributed by atoms with Crippen LogP contribution in [0.25, 0.3) is 23.1 Å². The first-order chi connectivity index (χ1) is 12.2. The Kier molecular flexibility index (Phi) is 4.75. The number of para-hydroxylation sites is 1. The predicted molar refractivity (Wildman–Crippen MR) is 98.4 cm³/mol. The average Bonchev–Trinajstić information content (AvgIpc) is 2.66. The number of aromatic nitrogens is 1. The van der Waals surface area contributed by atoms with Crippen molar-refractivity contribution < 1.29 is 19.3 Å². The number of methoxy groups -OCH3 is 3. The number of aromatic hydroxyl groups is 1. The van der Waals surface area contributed by atoms with Crippen LogP contribution in [0.4, 0.5) is 0 Å². The quantitative estimate of drug-likeness (QED) is 0.758. The van der Waals surface area contributed by atoms with Crippen LogP contribution < -0.4 is 14.2 Å². The van der Waals surface area contributed by atoms with Crippen LogP contribution in [0.2, 0.25) is 0 Å². The van der Waals surface area contributed by atoms with Crippen molar-refractivity contribution in [1.29, 1.82) is 0 Å². The molecule has 25 heavy (non-hydrogen) atoms. The standard InChI is InChI=1S/C20H19NO4/c1-23-17-12-19(25-3)18(24-2)11-14(17)8-10-15-9-7-13-5-4-6-16(22)20(13)21-15/h4-12,22H,1-3H3. The van der Waals surface area contributed by atoms with Crippen molar-refractivity contribution in [3.8, 4) is 23.0 Å². The zero-order chi connectivity index (χ0) is 17.8. The van der Waals surface area contributed by atoms with E-state index in [-0.39, 0.29) is 5.75 Å². The second kappa shape index (κ2) is 7.13. The van der Waals surface area contributed by atoms with Gasteiger partial charge in [0.25, 0.3) is 0 Å². The molecule has 0 fully saturated rings. The minimum Gasteiger partial charge on any atom is -0.506 e. The van der Waals surface area contributed by atoms with Gasteiger partial charge in [-0.1, -0.05) is 18.2 Å². The number of nitrogens with zero attached hydrogens (tertiary/aromatic N) is 1. The smallest absolute Gasteiger partial charge is 0.164 e. The van der Waals surface area contributed by atoms with Crippen LogP contribution in [0.3, 0.4) is 0 Å². The van der Waals surface area contributed by atoms with Gasteiger partial charge in [-0.25, -0.2) is 4.98 Å². The van der Waals surface area contributed by atoms with Crippen molar-refractivity contribution in [2.24, 2.45) is 0 Å². The van der Waals surface area contributed by atoms with Gasteiger partial charge in [-0.15, -0.1) is 0 Å². The molecule has 1 N–H and O–H groups in total. The Bertz CT molecular complexity index is 934. The van der Waals surface area contributed by atoms with E-state index < -0.39 is 0 Å². The molecule has 0 saturated heterocycles. The molecular formula is C20H19NO4. The Balaban J connectivity index is 2.00. The van der Waals surface area contributed by atoms with Crippen LogP contribution in [0.15, 0.2) is 42.5 Å².